The first-order chi connectivity index (χ1) is 12.0. The van der Waals surface area contributed by atoms with Gasteiger partial charge in [0, 0.05) is 22.1 Å². The number of halogens is 1. The molecule has 0 atom stereocenters. The molecule has 128 valence electrons. The lowest BCUT2D eigenvalue weighted by Gasteiger charge is -2.10. The van der Waals surface area contributed by atoms with Gasteiger partial charge in [0.05, 0.1) is 12.0 Å². The normalized spacial score (nSPS) is 15.9. The lowest BCUT2D eigenvalue weighted by molar-refractivity contribution is -0.143. The van der Waals surface area contributed by atoms with Crippen molar-refractivity contribution in [1.82, 2.24) is 9.47 Å². The molecule has 0 saturated carbocycles. The molecule has 1 aliphatic rings. The summed E-state index contributed by atoms with van der Waals surface area (Å²) in [6.45, 7) is -0.383. The highest BCUT2D eigenvalue weighted by Crippen LogP contribution is 2.32. The molecule has 8 heteroatoms. The Hall–Kier alpha value is -2.32. The van der Waals surface area contributed by atoms with Crippen molar-refractivity contribution >= 4 is 50.9 Å². The molecule has 0 bridgehead atoms. The molecular weight excluding hydrogens is 408 g/mol. The van der Waals surface area contributed by atoms with Crippen LogP contribution in [0.5, 0.6) is 0 Å². The monoisotopic (exact) mass is 420 g/mol. The summed E-state index contributed by atoms with van der Waals surface area (Å²) in [5.41, 5.74) is 1.68. The number of hydrogen-bond acceptors (Lipinski definition) is 5. The van der Waals surface area contributed by atoms with Crippen LogP contribution in [-0.2, 0) is 14.3 Å². The van der Waals surface area contributed by atoms with Crippen LogP contribution < -0.4 is 0 Å². The molecule has 3 rings (SSSR count). The Labute approximate surface area is 156 Å². The Kier molecular flexibility index (Phi) is 5.10. The molecule has 1 aromatic carbocycles. The van der Waals surface area contributed by atoms with Crippen LogP contribution in [0.15, 0.2) is 52.0 Å². The van der Waals surface area contributed by atoms with E-state index in [9.17, 15) is 14.4 Å². The third-order valence-electron chi connectivity index (χ3n) is 3.55. The molecule has 1 saturated heterocycles. The van der Waals surface area contributed by atoms with Gasteiger partial charge >= 0.3 is 5.97 Å². The van der Waals surface area contributed by atoms with E-state index in [4.69, 9.17) is 0 Å². The zero-order valence-electron chi connectivity index (χ0n) is 13.1. The average Bonchev–Trinajstić information content (AvgIpc) is 3.16. The second-order valence-electron chi connectivity index (χ2n) is 5.12. The molecule has 6 nitrogen and oxygen atoms in total. The quantitative estimate of drug-likeness (QED) is 0.559. The predicted molar refractivity (Wildman–Crippen MR) is 98.2 cm³/mol. The third kappa shape index (κ3) is 3.69. The minimum atomic E-state index is -0.637. The Morgan fingerprint density at radius 1 is 1.24 bits per heavy atom. The highest BCUT2D eigenvalue weighted by molar-refractivity contribution is 9.10. The zero-order valence-corrected chi connectivity index (χ0v) is 15.5. The maximum Gasteiger partial charge on any atom is 0.325 e. The Morgan fingerprint density at radius 3 is 2.64 bits per heavy atom. The standard InChI is InChI=1S/C17H13BrN2O4S/c1-24-15(21)10-20-16(22)14(25-17(20)23)9-13-3-2-8-19(13)12-6-4-11(18)5-7-12/h2-9H,10H2,1H3/b14-9+. The SMILES string of the molecule is COC(=O)CN1C(=O)S/C(=C/c2cccn2-c2ccc(Br)cc2)C1=O. The highest BCUT2D eigenvalue weighted by atomic mass is 79.9. The zero-order chi connectivity index (χ0) is 18.0. The van der Waals surface area contributed by atoms with Gasteiger partial charge in [0.1, 0.15) is 6.54 Å². The van der Waals surface area contributed by atoms with Crippen molar-refractivity contribution in [1.29, 1.82) is 0 Å². The van der Waals surface area contributed by atoms with Gasteiger partial charge in [-0.05, 0) is 54.2 Å². The van der Waals surface area contributed by atoms with Crippen molar-refractivity contribution in [2.75, 3.05) is 13.7 Å². The molecule has 2 amide bonds. The number of carbonyl (C=O) groups is 3. The second-order valence-corrected chi connectivity index (χ2v) is 7.03. The topological polar surface area (TPSA) is 68.6 Å². The molecule has 25 heavy (non-hydrogen) atoms. The fourth-order valence-electron chi connectivity index (χ4n) is 2.31. The van der Waals surface area contributed by atoms with Gasteiger partial charge in [-0.3, -0.25) is 19.3 Å². The number of aromatic nitrogens is 1. The Balaban J connectivity index is 1.88. The van der Waals surface area contributed by atoms with Gasteiger partial charge in [-0.25, -0.2) is 0 Å². The number of rotatable bonds is 4. The van der Waals surface area contributed by atoms with Gasteiger partial charge in [0.15, 0.2) is 0 Å². The van der Waals surface area contributed by atoms with E-state index in [1.54, 1.807) is 6.08 Å². The first-order valence-electron chi connectivity index (χ1n) is 7.25. The minimum absolute atomic E-state index is 0.269. The first kappa shape index (κ1) is 17.5. The molecule has 1 fully saturated rings. The van der Waals surface area contributed by atoms with Gasteiger partial charge in [-0.1, -0.05) is 15.9 Å². The molecule has 1 aromatic heterocycles. The van der Waals surface area contributed by atoms with E-state index in [2.05, 4.69) is 20.7 Å². The van der Waals surface area contributed by atoms with Crippen LogP contribution in [0.1, 0.15) is 5.69 Å². The smallest absolute Gasteiger partial charge is 0.325 e. The fourth-order valence-corrected chi connectivity index (χ4v) is 3.40. The van der Waals surface area contributed by atoms with Crippen LogP contribution in [0.4, 0.5) is 4.79 Å². The Morgan fingerprint density at radius 2 is 1.96 bits per heavy atom. The fraction of sp³-hybridized carbons (Fsp3) is 0.118. The van der Waals surface area contributed by atoms with Crippen LogP contribution in [0.25, 0.3) is 11.8 Å². The maximum absolute atomic E-state index is 12.4. The molecule has 0 radical (unpaired) electrons. The summed E-state index contributed by atoms with van der Waals surface area (Å²) in [6, 6.07) is 11.4. The summed E-state index contributed by atoms with van der Waals surface area (Å²) in [7, 11) is 1.21. The summed E-state index contributed by atoms with van der Waals surface area (Å²) >= 11 is 4.20. The number of thioether (sulfide) groups is 1. The molecule has 0 N–H and O–H groups in total. The van der Waals surface area contributed by atoms with Crippen LogP contribution in [0.3, 0.4) is 0 Å². The number of ether oxygens (including phenoxy) is 1. The van der Waals surface area contributed by atoms with Gasteiger partial charge < -0.3 is 9.30 Å². The van der Waals surface area contributed by atoms with E-state index < -0.39 is 17.1 Å². The molecule has 0 spiro atoms. The van der Waals surface area contributed by atoms with E-state index in [1.165, 1.54) is 7.11 Å². The van der Waals surface area contributed by atoms with Crippen LogP contribution in [-0.4, -0.2) is 40.2 Å². The number of esters is 1. The van der Waals surface area contributed by atoms with Gasteiger partial charge in [-0.2, -0.15) is 0 Å². The molecular formula is C17H13BrN2O4S. The van der Waals surface area contributed by atoms with Crippen LogP contribution in [0.2, 0.25) is 0 Å². The van der Waals surface area contributed by atoms with Crippen molar-refractivity contribution in [3.63, 3.8) is 0 Å². The van der Waals surface area contributed by atoms with Crippen molar-refractivity contribution in [2.24, 2.45) is 0 Å². The lowest BCUT2D eigenvalue weighted by atomic mass is 10.3. The van der Waals surface area contributed by atoms with E-state index in [1.807, 2.05) is 47.2 Å². The number of benzene rings is 1. The minimum Gasteiger partial charge on any atom is -0.468 e. The van der Waals surface area contributed by atoms with Crippen molar-refractivity contribution < 1.29 is 19.1 Å². The maximum atomic E-state index is 12.4. The van der Waals surface area contributed by atoms with Crippen molar-refractivity contribution in [3.05, 3.63) is 57.7 Å². The predicted octanol–water partition coefficient (Wildman–Crippen LogP) is 3.45. The van der Waals surface area contributed by atoms with Gasteiger partial charge in [0.2, 0.25) is 0 Å². The molecule has 2 aromatic rings. The number of methoxy groups -OCH3 is 1. The van der Waals surface area contributed by atoms with E-state index in [0.717, 1.165) is 32.5 Å². The number of carbonyl (C=O) groups excluding carboxylic acids is 3. The van der Waals surface area contributed by atoms with E-state index >= 15 is 0 Å². The van der Waals surface area contributed by atoms with E-state index in [0.29, 0.717) is 0 Å². The summed E-state index contributed by atoms with van der Waals surface area (Å²) in [4.78, 5) is 36.9. The van der Waals surface area contributed by atoms with Crippen LogP contribution >= 0.6 is 27.7 Å². The third-order valence-corrected chi connectivity index (χ3v) is 4.99. The van der Waals surface area contributed by atoms with Gasteiger partial charge in [0.25, 0.3) is 11.1 Å². The largest absolute Gasteiger partial charge is 0.468 e. The molecule has 1 aliphatic heterocycles. The summed E-state index contributed by atoms with van der Waals surface area (Å²) in [5, 5.41) is -0.483. The van der Waals surface area contributed by atoms with Gasteiger partial charge in [-0.15, -0.1) is 0 Å². The number of amides is 2. The highest BCUT2D eigenvalue weighted by Gasteiger charge is 2.36. The summed E-state index contributed by atoms with van der Waals surface area (Å²) in [5.74, 6) is -1.13. The first-order valence-corrected chi connectivity index (χ1v) is 8.86. The number of hydrogen-bond donors (Lipinski definition) is 0. The number of nitrogens with zero attached hydrogens (tertiary/aromatic N) is 2. The Bertz CT molecular complexity index is 873. The number of imide groups is 1. The summed E-state index contributed by atoms with van der Waals surface area (Å²) < 4.78 is 7.38. The average molecular weight is 421 g/mol. The molecule has 0 aliphatic carbocycles. The van der Waals surface area contributed by atoms with Crippen molar-refractivity contribution in [3.8, 4) is 5.69 Å². The van der Waals surface area contributed by atoms with Crippen molar-refractivity contribution in [2.45, 2.75) is 0 Å². The van der Waals surface area contributed by atoms with Crippen LogP contribution in [0, 0.1) is 0 Å². The summed E-state index contributed by atoms with van der Waals surface area (Å²) in [6.07, 6.45) is 3.51. The molecule has 2 heterocycles. The lowest BCUT2D eigenvalue weighted by Crippen LogP contribution is -2.34. The molecule has 0 unspecified atom stereocenters. The van der Waals surface area contributed by atoms with E-state index in [-0.39, 0.29) is 11.4 Å². The second kappa shape index (κ2) is 7.28.